The first-order valence-electron chi connectivity index (χ1n) is 20.4. The lowest BCUT2D eigenvalue weighted by atomic mass is 10.0. The van der Waals surface area contributed by atoms with E-state index in [1.165, 1.54) is 0 Å². The van der Waals surface area contributed by atoms with Gasteiger partial charge in [0.2, 0.25) is 0 Å². The van der Waals surface area contributed by atoms with Crippen LogP contribution in [0, 0.1) is 0 Å². The monoisotopic (exact) mass is 1480 g/mol. The summed E-state index contributed by atoms with van der Waals surface area (Å²) < 4.78 is 145. The molecular weight excluding hydrogens is 1470 g/mol. The molecule has 0 saturated heterocycles. The van der Waals surface area contributed by atoms with E-state index in [4.69, 9.17) is 196 Å². The van der Waals surface area contributed by atoms with Crippen LogP contribution in [0.4, 0.5) is 0 Å². The molecule has 0 atom stereocenters. The Morgan fingerprint density at radius 2 is 0.475 bits per heavy atom. The SMILES string of the molecule is O=S(=O)(O)c1ccc(Cl)c(-c2c3nc(c(-c4c(Cl)ccc(S(=O)(=O)O)c4Cl)c4[nH]c(c(Cl)c4Cl)c(-c4c(Cl)ccc(S(=O)(=O)O)c4Cl)c4[nH]c(c(Cl)c4Cl)c(-c4c(Cl)ccc(S(=O)(=O)O)c4Cl)c4nc2C(Cl)=C4Cl)C(Cl)=C3Cl)c1Cl. The molecule has 4 aromatic carbocycles. The van der Waals surface area contributed by atoms with Crippen LogP contribution >= 0.6 is 186 Å². The topological polar surface area (TPSA) is 275 Å². The lowest BCUT2D eigenvalue weighted by Gasteiger charge is -2.14. The van der Waals surface area contributed by atoms with Gasteiger partial charge in [-0.25, -0.2) is 9.97 Å². The van der Waals surface area contributed by atoms with Crippen LogP contribution < -0.4 is 0 Å². The quantitative estimate of drug-likeness (QED) is 0.0772. The number of hydrogen-bond donors (Lipinski definition) is 6. The lowest BCUT2D eigenvalue weighted by molar-refractivity contribution is 0.481. The summed E-state index contributed by atoms with van der Waals surface area (Å²) in [5.74, 6) is 0. The van der Waals surface area contributed by atoms with Crippen molar-refractivity contribution in [2.45, 2.75) is 19.6 Å². The molecule has 0 unspecified atom stereocenters. The molecule has 8 bridgehead atoms. The second-order valence-corrected chi connectivity index (χ2v) is 27.9. The van der Waals surface area contributed by atoms with Crippen molar-refractivity contribution in [3.8, 4) is 44.5 Å². The zero-order valence-corrected chi connectivity index (χ0v) is 52.6. The largest absolute Gasteiger partial charge is 0.352 e. The zero-order chi connectivity index (χ0) is 59.3. The minimum atomic E-state index is -5.25. The Labute approximate surface area is 529 Å². The maximum atomic E-state index is 12.9. The zero-order valence-electron chi connectivity index (χ0n) is 37.2. The Hall–Kier alpha value is -2.24. The highest BCUT2D eigenvalue weighted by Gasteiger charge is 2.38. The molecule has 9 rings (SSSR count). The molecule has 36 heteroatoms. The predicted molar refractivity (Wildman–Crippen MR) is 319 cm³/mol. The van der Waals surface area contributed by atoms with E-state index >= 15 is 0 Å². The van der Waals surface area contributed by atoms with Crippen LogP contribution in [0.2, 0.25) is 60.3 Å². The van der Waals surface area contributed by atoms with E-state index in [0.29, 0.717) is 0 Å². The fraction of sp³-hybridized carbons (Fsp3) is 0. The molecule has 5 heterocycles. The maximum absolute atomic E-state index is 12.9. The molecule has 0 saturated carbocycles. The molecule has 0 aliphatic carbocycles. The van der Waals surface area contributed by atoms with Crippen molar-refractivity contribution in [3.63, 3.8) is 0 Å². The molecule has 0 radical (unpaired) electrons. The van der Waals surface area contributed by atoms with Crippen LogP contribution in [-0.2, 0) is 40.5 Å². The van der Waals surface area contributed by atoms with Crippen LogP contribution in [0.3, 0.4) is 0 Å². The highest BCUT2D eigenvalue weighted by molar-refractivity contribution is 7.86. The van der Waals surface area contributed by atoms with Gasteiger partial charge in [0.1, 0.15) is 19.6 Å². The molecule has 0 fully saturated rings. The molecule has 2 aliphatic rings. The van der Waals surface area contributed by atoms with Crippen molar-refractivity contribution in [1.29, 1.82) is 0 Å². The van der Waals surface area contributed by atoms with E-state index in [2.05, 4.69) is 9.97 Å². The van der Waals surface area contributed by atoms with Gasteiger partial charge in [-0.1, -0.05) is 186 Å². The lowest BCUT2D eigenvalue weighted by Crippen LogP contribution is -2.02. The first kappa shape index (κ1) is 62.3. The maximum Gasteiger partial charge on any atom is 0.296 e. The second-order valence-electron chi connectivity index (χ2n) is 16.2. The van der Waals surface area contributed by atoms with Crippen molar-refractivity contribution >= 4 is 268 Å². The Balaban J connectivity index is 1.75. The molecule has 0 amide bonds. The normalized spacial score (nSPS) is 13.6. The van der Waals surface area contributed by atoms with Crippen molar-refractivity contribution < 1.29 is 51.9 Å². The number of hydrogen-bond acceptors (Lipinski definition) is 10. The van der Waals surface area contributed by atoms with Gasteiger partial charge in [-0.05, 0) is 48.5 Å². The molecule has 16 nitrogen and oxygen atoms in total. The number of nitrogens with one attached hydrogen (secondary N) is 2. The van der Waals surface area contributed by atoms with Crippen LogP contribution in [0.25, 0.3) is 86.7 Å². The molecule has 0 spiro atoms. The number of halogens is 16. The molecule has 3 aromatic heterocycles. The average molecular weight is 1490 g/mol. The summed E-state index contributed by atoms with van der Waals surface area (Å²) in [4.78, 5) is 11.5. The minimum Gasteiger partial charge on any atom is -0.352 e. The van der Waals surface area contributed by atoms with E-state index < -0.39 is 230 Å². The van der Waals surface area contributed by atoms with Gasteiger partial charge in [-0.2, -0.15) is 33.7 Å². The third kappa shape index (κ3) is 10.4. The van der Waals surface area contributed by atoms with Crippen molar-refractivity contribution in [2.24, 2.45) is 0 Å². The van der Waals surface area contributed by atoms with Crippen LogP contribution in [0.15, 0.2) is 68.1 Å². The summed E-state index contributed by atoms with van der Waals surface area (Å²) in [6.45, 7) is 0. The molecule has 6 N–H and O–H groups in total. The highest BCUT2D eigenvalue weighted by Crippen LogP contribution is 2.57. The predicted octanol–water partition coefficient (Wildman–Crippen LogP) is 18.4. The van der Waals surface area contributed by atoms with E-state index in [9.17, 15) is 51.9 Å². The third-order valence-corrected chi connectivity index (χ3v) is 21.9. The fourth-order valence-corrected chi connectivity index (χ4v) is 15.9. The number of nitrogens with zero attached hydrogens (tertiary/aromatic N) is 2. The fourth-order valence-electron chi connectivity index (χ4n) is 8.39. The Bertz CT molecular complexity index is 4590. The molecule has 7 aromatic rings. The van der Waals surface area contributed by atoms with E-state index in [0.717, 1.165) is 48.5 Å². The number of aromatic nitrogens is 4. The van der Waals surface area contributed by atoms with E-state index in [-0.39, 0.29) is 0 Å². The average Bonchev–Trinajstić information content (AvgIpc) is 4.08. The first-order chi connectivity index (χ1) is 36.9. The summed E-state index contributed by atoms with van der Waals surface area (Å²) in [5.41, 5.74) is -8.86. The van der Waals surface area contributed by atoms with E-state index in [1.54, 1.807) is 0 Å². The van der Waals surface area contributed by atoms with Gasteiger partial charge in [0.25, 0.3) is 40.5 Å². The number of fused-ring (bicyclic) bond motifs is 8. The summed E-state index contributed by atoms with van der Waals surface area (Å²) >= 11 is 113. The van der Waals surface area contributed by atoms with Crippen LogP contribution in [0.1, 0.15) is 22.8 Å². The van der Waals surface area contributed by atoms with Gasteiger partial charge in [0.15, 0.2) is 0 Å². The number of H-pyrrole nitrogens is 2. The summed E-state index contributed by atoms with van der Waals surface area (Å²) in [7, 11) is -21.0. The van der Waals surface area contributed by atoms with Gasteiger partial charge >= 0.3 is 0 Å². The van der Waals surface area contributed by atoms with Crippen molar-refractivity contribution in [3.05, 3.63) is 132 Å². The van der Waals surface area contributed by atoms with Crippen LogP contribution in [0.5, 0.6) is 0 Å². The van der Waals surface area contributed by atoms with Gasteiger partial charge in [-0.15, -0.1) is 0 Å². The minimum absolute atomic E-state index is 0.418. The summed E-state index contributed by atoms with van der Waals surface area (Å²) in [5, 5.41) is -9.97. The summed E-state index contributed by atoms with van der Waals surface area (Å²) in [6, 6.07) is 7.21. The number of benzene rings is 4. The van der Waals surface area contributed by atoms with Gasteiger partial charge in [-0.3, -0.25) is 18.2 Å². The van der Waals surface area contributed by atoms with Crippen molar-refractivity contribution in [2.75, 3.05) is 0 Å². The molecule has 418 valence electrons. The second kappa shape index (κ2) is 21.9. The van der Waals surface area contributed by atoms with E-state index in [1.807, 2.05) is 0 Å². The van der Waals surface area contributed by atoms with Gasteiger partial charge in [0.05, 0.1) is 125 Å². The highest BCUT2D eigenvalue weighted by atomic mass is 35.5. The first-order valence-corrected chi connectivity index (χ1v) is 32.2. The molecule has 80 heavy (non-hydrogen) atoms. The Morgan fingerprint density at radius 1 is 0.275 bits per heavy atom. The summed E-state index contributed by atoms with van der Waals surface area (Å²) in [6.07, 6.45) is 0. The smallest absolute Gasteiger partial charge is 0.296 e. The van der Waals surface area contributed by atoms with Crippen molar-refractivity contribution in [1.82, 2.24) is 19.9 Å². The molecule has 2 aliphatic heterocycles. The number of aromatic amines is 2. The Morgan fingerprint density at radius 3 is 0.713 bits per heavy atom. The standard InChI is InChI=1S/C44H14Cl16N4O12S4/c45-9-1-5-13(77(65,66)67)25(49)17(9)21-37-29(53)31(55)39(61-37)22(18-10(46)2-6-14(26(18)50)78(68,69)70)41-33(57)35(59)43(63-41)24(20-12(48)4-8-16(28(20)52)80(74,75)76)44-36(60)34(58)42(64-44)23(40-32(56)30(54)38(21)62-40)19-11(47)3-7-15(27(19)51)79(71,72)73/h1-8,61-62H,(H,65,66,67)(H,68,69,70)(H,71,72,73)(H,74,75,76). The van der Waals surface area contributed by atoms with Gasteiger partial charge < -0.3 is 9.97 Å². The number of rotatable bonds is 8. The van der Waals surface area contributed by atoms with Crippen LogP contribution in [-0.4, -0.2) is 71.8 Å². The third-order valence-electron chi connectivity index (χ3n) is 11.7. The molecular formula is C44H14Cl16N4O12S4. The van der Waals surface area contributed by atoms with Gasteiger partial charge in [0, 0.05) is 44.5 Å². The Kier molecular flexibility index (Phi) is 17.1.